The average molecular weight is 350 g/mol. The maximum Gasteiger partial charge on any atom is 0.336 e. The monoisotopic (exact) mass is 350 g/mol. The molecule has 4 rings (SSSR count). The molecule has 5 heteroatoms. The maximum absolute atomic E-state index is 11.6. The second-order valence-corrected chi connectivity index (χ2v) is 6.83. The lowest BCUT2D eigenvalue weighted by atomic mass is 10.1. The molecule has 0 amide bonds. The molecule has 0 spiro atoms. The highest BCUT2D eigenvalue weighted by atomic mass is 32.1. The Morgan fingerprint density at radius 2 is 2.04 bits per heavy atom. The summed E-state index contributed by atoms with van der Waals surface area (Å²) in [7, 11) is 0. The summed E-state index contributed by atoms with van der Waals surface area (Å²) >= 11 is 5.65. The Morgan fingerprint density at radius 1 is 1.24 bits per heavy atom. The number of hydrogen-bond acceptors (Lipinski definition) is 3. The van der Waals surface area contributed by atoms with Crippen LogP contribution in [0.4, 0.5) is 11.4 Å². The zero-order valence-corrected chi connectivity index (χ0v) is 14.9. The molecule has 0 saturated heterocycles. The number of nitrogens with one attached hydrogen (secondary N) is 1. The summed E-state index contributed by atoms with van der Waals surface area (Å²) in [6.45, 7) is 4.07. The summed E-state index contributed by atoms with van der Waals surface area (Å²) in [5.41, 5.74) is 4.39. The van der Waals surface area contributed by atoms with Crippen molar-refractivity contribution in [2.75, 3.05) is 10.2 Å². The number of hydrogen-bond donors (Lipinski definition) is 1. The van der Waals surface area contributed by atoms with E-state index in [4.69, 9.17) is 16.6 Å². The molecular weight excluding hydrogens is 332 g/mol. The highest BCUT2D eigenvalue weighted by molar-refractivity contribution is 7.80. The predicted molar refractivity (Wildman–Crippen MR) is 106 cm³/mol. The fourth-order valence-corrected chi connectivity index (χ4v) is 3.86. The summed E-state index contributed by atoms with van der Waals surface area (Å²) in [6.07, 6.45) is 0.976. The fraction of sp³-hybridized carbons (Fsp3) is 0.200. The molecule has 1 unspecified atom stereocenters. The summed E-state index contributed by atoms with van der Waals surface area (Å²) in [6, 6.07) is 15.8. The molecule has 4 nitrogen and oxygen atoms in total. The number of nitrogens with zero attached hydrogens (tertiary/aromatic N) is 1. The van der Waals surface area contributed by atoms with Gasteiger partial charge in [0.05, 0.1) is 0 Å². The molecule has 25 heavy (non-hydrogen) atoms. The van der Waals surface area contributed by atoms with Gasteiger partial charge in [0.15, 0.2) is 5.11 Å². The van der Waals surface area contributed by atoms with Crippen molar-refractivity contribution >= 4 is 39.7 Å². The van der Waals surface area contributed by atoms with Gasteiger partial charge in [0.2, 0.25) is 0 Å². The van der Waals surface area contributed by atoms with Crippen molar-refractivity contribution in [1.82, 2.24) is 0 Å². The maximum atomic E-state index is 11.6. The smallest absolute Gasteiger partial charge is 0.336 e. The molecular formula is C20H18N2O2S. The van der Waals surface area contributed by atoms with Crippen LogP contribution in [-0.2, 0) is 6.42 Å². The SMILES string of the molecule is Cc1cc(=O)oc2cc(NC(=S)N3c4ccccc4CC3C)ccc12. The lowest BCUT2D eigenvalue weighted by Gasteiger charge is -2.26. The third-order valence-corrected chi connectivity index (χ3v) is 4.93. The van der Waals surface area contributed by atoms with Gasteiger partial charge in [-0.1, -0.05) is 18.2 Å². The molecule has 0 saturated carbocycles. The first kappa shape index (κ1) is 15.8. The van der Waals surface area contributed by atoms with E-state index < -0.39 is 0 Å². The van der Waals surface area contributed by atoms with Gasteiger partial charge in [0, 0.05) is 34.9 Å². The molecule has 1 aromatic heterocycles. The standard InChI is InChI=1S/C20H18N2O2S/c1-12-9-19(23)24-18-11-15(7-8-16(12)18)21-20(25)22-13(2)10-14-5-3-4-6-17(14)22/h3-9,11,13H,10H2,1-2H3,(H,21,25). The molecule has 0 aliphatic carbocycles. The van der Waals surface area contributed by atoms with E-state index in [2.05, 4.69) is 35.3 Å². The Kier molecular flexibility index (Phi) is 3.81. The van der Waals surface area contributed by atoms with Crippen molar-refractivity contribution in [3.05, 3.63) is 70.1 Å². The topological polar surface area (TPSA) is 45.5 Å². The Morgan fingerprint density at radius 3 is 2.88 bits per heavy atom. The van der Waals surface area contributed by atoms with Crippen molar-refractivity contribution in [1.29, 1.82) is 0 Å². The fourth-order valence-electron chi connectivity index (χ4n) is 3.46. The number of benzene rings is 2. The normalized spacial score (nSPS) is 16.1. The summed E-state index contributed by atoms with van der Waals surface area (Å²) < 4.78 is 5.32. The molecule has 3 aromatic rings. The van der Waals surface area contributed by atoms with Crippen LogP contribution in [0.25, 0.3) is 11.0 Å². The average Bonchev–Trinajstić information content (AvgIpc) is 2.90. The van der Waals surface area contributed by atoms with E-state index in [-0.39, 0.29) is 5.63 Å². The van der Waals surface area contributed by atoms with E-state index in [1.165, 1.54) is 11.6 Å². The largest absolute Gasteiger partial charge is 0.423 e. The number of para-hydroxylation sites is 1. The highest BCUT2D eigenvalue weighted by Gasteiger charge is 2.28. The van der Waals surface area contributed by atoms with E-state index >= 15 is 0 Å². The second-order valence-electron chi connectivity index (χ2n) is 6.44. The molecule has 0 fully saturated rings. The Bertz CT molecular complexity index is 1040. The van der Waals surface area contributed by atoms with E-state index in [0.717, 1.165) is 28.7 Å². The van der Waals surface area contributed by atoms with Crippen molar-refractivity contribution in [3.63, 3.8) is 0 Å². The minimum absolute atomic E-state index is 0.304. The van der Waals surface area contributed by atoms with Crippen molar-refractivity contribution < 1.29 is 4.42 Å². The zero-order valence-electron chi connectivity index (χ0n) is 14.1. The number of anilines is 2. The van der Waals surface area contributed by atoms with Gasteiger partial charge in [-0.05, 0) is 61.8 Å². The van der Waals surface area contributed by atoms with Gasteiger partial charge < -0.3 is 14.6 Å². The molecule has 1 aliphatic heterocycles. The van der Waals surface area contributed by atoms with Crippen molar-refractivity contribution in [3.8, 4) is 0 Å². The van der Waals surface area contributed by atoms with E-state index in [0.29, 0.717) is 16.7 Å². The van der Waals surface area contributed by atoms with Gasteiger partial charge in [-0.2, -0.15) is 0 Å². The molecule has 0 bridgehead atoms. The summed E-state index contributed by atoms with van der Waals surface area (Å²) in [4.78, 5) is 13.7. The third kappa shape index (κ3) is 2.81. The van der Waals surface area contributed by atoms with Crippen LogP contribution in [0, 0.1) is 6.92 Å². The van der Waals surface area contributed by atoms with Crippen LogP contribution in [-0.4, -0.2) is 11.2 Å². The summed E-state index contributed by atoms with van der Waals surface area (Å²) in [5.74, 6) is 0. The molecule has 1 N–H and O–H groups in total. The van der Waals surface area contributed by atoms with Gasteiger partial charge in [0.25, 0.3) is 0 Å². The first-order valence-electron chi connectivity index (χ1n) is 8.25. The minimum atomic E-state index is -0.341. The molecule has 2 heterocycles. The Hall–Kier alpha value is -2.66. The number of aryl methyl sites for hydroxylation is 1. The molecule has 1 aliphatic rings. The first-order chi connectivity index (χ1) is 12.0. The molecule has 1 atom stereocenters. The predicted octanol–water partition coefficient (Wildman–Crippen LogP) is 4.25. The van der Waals surface area contributed by atoms with Gasteiger partial charge in [-0.3, -0.25) is 0 Å². The first-order valence-corrected chi connectivity index (χ1v) is 8.66. The lowest BCUT2D eigenvalue weighted by molar-refractivity contribution is 0.560. The van der Waals surface area contributed by atoms with E-state index in [1.54, 1.807) is 0 Å². The van der Waals surface area contributed by atoms with E-state index in [9.17, 15) is 4.79 Å². The number of rotatable bonds is 1. The zero-order chi connectivity index (χ0) is 17.6. The second kappa shape index (κ2) is 6.01. The van der Waals surface area contributed by atoms with Crippen molar-refractivity contribution in [2.45, 2.75) is 26.3 Å². The number of thiocarbonyl (C=S) groups is 1. The third-order valence-electron chi connectivity index (χ3n) is 4.63. The molecule has 2 aromatic carbocycles. The number of fused-ring (bicyclic) bond motifs is 2. The van der Waals surface area contributed by atoms with Crippen LogP contribution in [0.15, 0.2) is 57.7 Å². The Balaban J connectivity index is 1.65. The van der Waals surface area contributed by atoms with Crippen LogP contribution >= 0.6 is 12.2 Å². The van der Waals surface area contributed by atoms with Crippen molar-refractivity contribution in [2.24, 2.45) is 0 Å². The van der Waals surface area contributed by atoms with Crippen LogP contribution in [0.5, 0.6) is 0 Å². The van der Waals surface area contributed by atoms with Crippen LogP contribution < -0.4 is 15.8 Å². The van der Waals surface area contributed by atoms with Crippen LogP contribution in [0.3, 0.4) is 0 Å². The van der Waals surface area contributed by atoms with E-state index in [1.807, 2.05) is 31.2 Å². The molecule has 126 valence electrons. The summed E-state index contributed by atoms with van der Waals surface area (Å²) in [5, 5.41) is 4.85. The lowest BCUT2D eigenvalue weighted by Crippen LogP contribution is -2.38. The van der Waals surface area contributed by atoms with Gasteiger partial charge >= 0.3 is 5.63 Å². The van der Waals surface area contributed by atoms with Gasteiger partial charge in [-0.15, -0.1) is 0 Å². The van der Waals surface area contributed by atoms with Crippen LogP contribution in [0.1, 0.15) is 18.1 Å². The molecule has 0 radical (unpaired) electrons. The highest BCUT2D eigenvalue weighted by Crippen LogP contribution is 2.32. The minimum Gasteiger partial charge on any atom is -0.423 e. The van der Waals surface area contributed by atoms with Gasteiger partial charge in [0.1, 0.15) is 5.58 Å². The quantitative estimate of drug-likeness (QED) is 0.525. The Labute approximate surface area is 151 Å². The van der Waals surface area contributed by atoms with Gasteiger partial charge in [-0.25, -0.2) is 4.79 Å². The van der Waals surface area contributed by atoms with Crippen LogP contribution in [0.2, 0.25) is 0 Å².